The SMILES string of the molecule is N#Cc1c(CCCNc2ncnc(-n3cccn3)c2N)nn(-c2ccc(F)cc2)c1N. The van der Waals surface area contributed by atoms with E-state index in [0.29, 0.717) is 53.7 Å². The predicted molar refractivity (Wildman–Crippen MR) is 113 cm³/mol. The molecule has 3 heterocycles. The lowest BCUT2D eigenvalue weighted by Gasteiger charge is -2.10. The Hall–Kier alpha value is -4.46. The van der Waals surface area contributed by atoms with Crippen LogP contribution < -0.4 is 16.8 Å². The number of nitrogen functional groups attached to an aromatic ring is 2. The highest BCUT2D eigenvalue weighted by Gasteiger charge is 2.16. The average Bonchev–Trinajstić information content (AvgIpc) is 3.41. The largest absolute Gasteiger partial charge is 0.393 e. The van der Waals surface area contributed by atoms with E-state index in [1.165, 1.54) is 23.1 Å². The van der Waals surface area contributed by atoms with E-state index in [0.717, 1.165) is 0 Å². The van der Waals surface area contributed by atoms with E-state index < -0.39 is 0 Å². The Labute approximate surface area is 177 Å². The molecule has 0 bridgehead atoms. The molecule has 4 aromatic rings. The van der Waals surface area contributed by atoms with Crippen LogP contribution in [0, 0.1) is 17.1 Å². The van der Waals surface area contributed by atoms with Crippen LogP contribution in [-0.2, 0) is 6.42 Å². The molecule has 0 aliphatic rings. The minimum atomic E-state index is -0.360. The number of halogens is 1. The van der Waals surface area contributed by atoms with Crippen molar-refractivity contribution in [3.05, 3.63) is 66.1 Å². The van der Waals surface area contributed by atoms with E-state index in [9.17, 15) is 9.65 Å². The molecule has 0 unspecified atom stereocenters. The normalized spacial score (nSPS) is 10.7. The zero-order valence-electron chi connectivity index (χ0n) is 16.4. The van der Waals surface area contributed by atoms with E-state index >= 15 is 0 Å². The lowest BCUT2D eigenvalue weighted by atomic mass is 10.1. The van der Waals surface area contributed by atoms with Crippen molar-refractivity contribution in [2.75, 3.05) is 23.3 Å². The number of nitrogens with two attached hydrogens (primary N) is 2. The molecule has 0 atom stereocenters. The third-order valence-corrected chi connectivity index (χ3v) is 4.64. The summed E-state index contributed by atoms with van der Waals surface area (Å²) < 4.78 is 16.2. The van der Waals surface area contributed by atoms with Gasteiger partial charge in [0.25, 0.3) is 0 Å². The van der Waals surface area contributed by atoms with Gasteiger partial charge in [-0.2, -0.15) is 15.5 Å². The molecule has 31 heavy (non-hydrogen) atoms. The first-order valence-corrected chi connectivity index (χ1v) is 9.46. The lowest BCUT2D eigenvalue weighted by Crippen LogP contribution is -2.11. The molecule has 0 radical (unpaired) electrons. The molecule has 0 spiro atoms. The number of anilines is 3. The van der Waals surface area contributed by atoms with Crippen LogP contribution in [0.5, 0.6) is 0 Å². The molecule has 4 rings (SSSR count). The van der Waals surface area contributed by atoms with Crippen LogP contribution >= 0.6 is 0 Å². The maximum absolute atomic E-state index is 13.2. The molecular weight excluding hydrogens is 399 g/mol. The molecule has 0 aliphatic heterocycles. The molecule has 1 aromatic carbocycles. The number of benzene rings is 1. The van der Waals surface area contributed by atoms with Crippen molar-refractivity contribution >= 4 is 17.3 Å². The fourth-order valence-corrected chi connectivity index (χ4v) is 3.12. The van der Waals surface area contributed by atoms with Crippen molar-refractivity contribution < 1.29 is 4.39 Å². The lowest BCUT2D eigenvalue weighted by molar-refractivity contribution is 0.627. The molecule has 11 heteroatoms. The smallest absolute Gasteiger partial charge is 0.181 e. The Bertz CT molecular complexity index is 1220. The first-order valence-electron chi connectivity index (χ1n) is 9.46. The van der Waals surface area contributed by atoms with Crippen LogP contribution in [-0.4, -0.2) is 36.1 Å². The van der Waals surface area contributed by atoms with Gasteiger partial charge in [-0.05, 0) is 43.2 Å². The van der Waals surface area contributed by atoms with Crippen molar-refractivity contribution in [3.63, 3.8) is 0 Å². The summed E-state index contributed by atoms with van der Waals surface area (Å²) in [4.78, 5) is 8.35. The molecule has 0 aliphatic carbocycles. The quantitative estimate of drug-likeness (QED) is 0.386. The monoisotopic (exact) mass is 418 g/mol. The van der Waals surface area contributed by atoms with E-state index in [-0.39, 0.29) is 11.6 Å². The van der Waals surface area contributed by atoms with Crippen LogP contribution in [0.25, 0.3) is 11.5 Å². The van der Waals surface area contributed by atoms with Crippen molar-refractivity contribution in [1.29, 1.82) is 5.26 Å². The van der Waals surface area contributed by atoms with Crippen LogP contribution in [0.3, 0.4) is 0 Å². The average molecular weight is 418 g/mol. The molecule has 0 fully saturated rings. The van der Waals surface area contributed by atoms with Gasteiger partial charge in [0.2, 0.25) is 0 Å². The Morgan fingerprint density at radius 1 is 1.16 bits per heavy atom. The number of nitrogens with one attached hydrogen (secondary N) is 1. The number of aromatic nitrogens is 6. The number of rotatable bonds is 7. The second-order valence-electron chi connectivity index (χ2n) is 6.65. The van der Waals surface area contributed by atoms with E-state index in [1.807, 2.05) is 0 Å². The van der Waals surface area contributed by atoms with Crippen LogP contribution in [0.1, 0.15) is 17.7 Å². The fraction of sp³-hybridized carbons (Fsp3) is 0.150. The summed E-state index contributed by atoms with van der Waals surface area (Å²) in [5.74, 6) is 0.847. The minimum Gasteiger partial charge on any atom is -0.393 e. The number of hydrogen-bond donors (Lipinski definition) is 3. The Kier molecular flexibility index (Phi) is 5.44. The van der Waals surface area contributed by atoms with E-state index in [1.54, 1.807) is 35.3 Å². The Morgan fingerprint density at radius 3 is 2.68 bits per heavy atom. The molecule has 5 N–H and O–H groups in total. The number of nitrogens with zero attached hydrogens (tertiary/aromatic N) is 7. The molecular formula is C20H19FN10. The minimum absolute atomic E-state index is 0.223. The van der Waals surface area contributed by atoms with Gasteiger partial charge in [-0.1, -0.05) is 0 Å². The summed E-state index contributed by atoms with van der Waals surface area (Å²) in [6.07, 6.45) is 5.95. The summed E-state index contributed by atoms with van der Waals surface area (Å²) in [5, 5.41) is 21.2. The zero-order chi connectivity index (χ0) is 21.8. The maximum Gasteiger partial charge on any atom is 0.181 e. The Balaban J connectivity index is 1.44. The summed E-state index contributed by atoms with van der Waals surface area (Å²) in [6, 6.07) is 9.62. The van der Waals surface area contributed by atoms with Crippen molar-refractivity contribution in [2.24, 2.45) is 0 Å². The molecule has 0 saturated heterocycles. The van der Waals surface area contributed by atoms with Gasteiger partial charge in [-0.3, -0.25) is 0 Å². The molecule has 3 aromatic heterocycles. The summed E-state index contributed by atoms with van der Waals surface area (Å²) in [7, 11) is 0. The topological polar surface area (TPSA) is 149 Å². The molecule has 0 amide bonds. The van der Waals surface area contributed by atoms with Crippen molar-refractivity contribution in [2.45, 2.75) is 12.8 Å². The standard InChI is InChI=1S/C20H19FN10/c21-13-4-6-14(7-5-13)31-18(24)15(11-22)16(29-31)3-1-8-25-19-17(23)20(27-12-26-19)30-10-2-9-28-30/h2,4-7,9-10,12H,1,3,8,23-24H2,(H,25,26,27). The maximum atomic E-state index is 13.2. The van der Waals surface area contributed by atoms with Crippen molar-refractivity contribution in [3.8, 4) is 17.6 Å². The highest BCUT2D eigenvalue weighted by atomic mass is 19.1. The third kappa shape index (κ3) is 3.99. The summed E-state index contributed by atoms with van der Waals surface area (Å²) >= 11 is 0. The number of nitriles is 1. The first kappa shape index (κ1) is 19.8. The molecule has 156 valence electrons. The highest BCUT2D eigenvalue weighted by Crippen LogP contribution is 2.23. The number of hydrogen-bond acceptors (Lipinski definition) is 8. The fourth-order valence-electron chi connectivity index (χ4n) is 3.12. The summed E-state index contributed by atoms with van der Waals surface area (Å²) in [6.45, 7) is 0.536. The highest BCUT2D eigenvalue weighted by molar-refractivity contribution is 5.68. The number of aryl methyl sites for hydroxylation is 1. The van der Waals surface area contributed by atoms with Gasteiger partial charge < -0.3 is 16.8 Å². The summed E-state index contributed by atoms with van der Waals surface area (Å²) in [5.41, 5.74) is 14.1. The van der Waals surface area contributed by atoms with Gasteiger partial charge in [0, 0.05) is 18.9 Å². The van der Waals surface area contributed by atoms with Gasteiger partial charge in [-0.15, -0.1) is 0 Å². The van der Waals surface area contributed by atoms with E-state index in [2.05, 4.69) is 31.6 Å². The van der Waals surface area contributed by atoms with Gasteiger partial charge in [0.15, 0.2) is 11.6 Å². The van der Waals surface area contributed by atoms with Crippen LogP contribution in [0.2, 0.25) is 0 Å². The second kappa shape index (κ2) is 8.50. The zero-order valence-corrected chi connectivity index (χ0v) is 16.4. The van der Waals surface area contributed by atoms with E-state index in [4.69, 9.17) is 11.5 Å². The van der Waals surface area contributed by atoms with Gasteiger partial charge in [0.1, 0.15) is 35.3 Å². The predicted octanol–water partition coefficient (Wildman–Crippen LogP) is 2.07. The third-order valence-electron chi connectivity index (χ3n) is 4.64. The van der Waals surface area contributed by atoms with Gasteiger partial charge >= 0.3 is 0 Å². The van der Waals surface area contributed by atoms with Gasteiger partial charge in [0.05, 0.1) is 11.4 Å². The van der Waals surface area contributed by atoms with Gasteiger partial charge in [-0.25, -0.2) is 23.7 Å². The molecule has 0 saturated carbocycles. The van der Waals surface area contributed by atoms with Crippen LogP contribution in [0.15, 0.2) is 49.1 Å². The van der Waals surface area contributed by atoms with Crippen molar-refractivity contribution in [1.82, 2.24) is 29.5 Å². The second-order valence-corrected chi connectivity index (χ2v) is 6.65. The Morgan fingerprint density at radius 2 is 1.97 bits per heavy atom. The van der Waals surface area contributed by atoms with Crippen LogP contribution in [0.4, 0.5) is 21.7 Å². The first-order chi connectivity index (χ1) is 15.1. The molecule has 10 nitrogen and oxygen atoms in total.